The lowest BCUT2D eigenvalue weighted by molar-refractivity contribution is 0.0779. The molecule has 4 rings (SSSR count). The molecule has 1 N–H and O–H groups in total. The highest BCUT2D eigenvalue weighted by Crippen LogP contribution is 2.32. The number of fused-ring (bicyclic) bond motifs is 1. The normalized spacial score (nSPS) is 23.7. The number of hydrogen-bond acceptors (Lipinski definition) is 4. The summed E-state index contributed by atoms with van der Waals surface area (Å²) in [5, 5.41) is 4.25. The van der Waals surface area contributed by atoms with Gasteiger partial charge in [-0.2, -0.15) is 5.10 Å². The van der Waals surface area contributed by atoms with Crippen molar-refractivity contribution in [2.45, 2.75) is 19.4 Å². The van der Waals surface area contributed by atoms with Crippen LogP contribution in [0.15, 0.2) is 35.4 Å². The summed E-state index contributed by atoms with van der Waals surface area (Å²) in [7, 11) is 1.99. The second-order valence-electron chi connectivity index (χ2n) is 7.47. The summed E-state index contributed by atoms with van der Waals surface area (Å²) in [5.41, 5.74) is 1.50. The van der Waals surface area contributed by atoms with Gasteiger partial charge in [0.2, 0.25) is 5.56 Å². The van der Waals surface area contributed by atoms with Crippen LogP contribution in [0, 0.1) is 11.8 Å². The number of carbonyl (C=O) groups is 1. The van der Waals surface area contributed by atoms with Crippen molar-refractivity contribution >= 4 is 5.91 Å². The van der Waals surface area contributed by atoms with Gasteiger partial charge in [-0.25, -0.2) is 0 Å². The van der Waals surface area contributed by atoms with E-state index < -0.39 is 0 Å². The van der Waals surface area contributed by atoms with Crippen molar-refractivity contribution in [3.05, 3.63) is 52.2 Å². The maximum absolute atomic E-state index is 12.7. The van der Waals surface area contributed by atoms with Gasteiger partial charge in [-0.15, -0.1) is 0 Å². The van der Waals surface area contributed by atoms with E-state index >= 15 is 0 Å². The zero-order chi connectivity index (χ0) is 18.1. The summed E-state index contributed by atoms with van der Waals surface area (Å²) in [6.45, 7) is 4.65. The van der Waals surface area contributed by atoms with E-state index in [4.69, 9.17) is 0 Å². The van der Waals surface area contributed by atoms with Crippen LogP contribution in [0.25, 0.3) is 0 Å². The van der Waals surface area contributed by atoms with Crippen molar-refractivity contribution < 1.29 is 4.79 Å². The van der Waals surface area contributed by atoms with Gasteiger partial charge in [0.1, 0.15) is 0 Å². The Morgan fingerprint density at radius 1 is 1.23 bits per heavy atom. The molecule has 2 aliphatic rings. The third-order valence-electron chi connectivity index (χ3n) is 5.83. The van der Waals surface area contributed by atoms with Gasteiger partial charge in [0, 0.05) is 50.7 Å². The number of aromatic nitrogens is 3. The van der Waals surface area contributed by atoms with E-state index in [1.807, 2.05) is 22.8 Å². The number of nitrogens with zero attached hydrogens (tertiary/aromatic N) is 4. The average Bonchev–Trinajstić information content (AvgIpc) is 3.18. The van der Waals surface area contributed by atoms with E-state index in [1.165, 1.54) is 11.8 Å². The molecule has 2 saturated heterocycles. The quantitative estimate of drug-likeness (QED) is 0.895. The average molecular weight is 355 g/mol. The Labute approximate surface area is 152 Å². The van der Waals surface area contributed by atoms with Crippen molar-refractivity contribution in [2.75, 3.05) is 26.2 Å². The Balaban J connectivity index is 1.37. The van der Waals surface area contributed by atoms with Gasteiger partial charge in [0.25, 0.3) is 5.91 Å². The predicted octanol–water partition coefficient (Wildman–Crippen LogP) is 1.09. The first kappa shape index (κ1) is 17.0. The minimum absolute atomic E-state index is 0.0177. The molecule has 7 heteroatoms. The molecule has 2 aliphatic heterocycles. The molecule has 0 aliphatic carbocycles. The number of H-pyrrole nitrogens is 1. The maximum Gasteiger partial charge on any atom is 0.254 e. The Hall–Kier alpha value is -2.41. The van der Waals surface area contributed by atoms with Crippen LogP contribution in [0.5, 0.6) is 0 Å². The molecule has 0 spiro atoms. The van der Waals surface area contributed by atoms with Gasteiger partial charge in [-0.3, -0.25) is 19.2 Å². The minimum Gasteiger partial charge on any atom is -0.338 e. The number of rotatable bonds is 3. The smallest absolute Gasteiger partial charge is 0.254 e. The molecule has 26 heavy (non-hydrogen) atoms. The molecule has 0 unspecified atom stereocenters. The number of likely N-dealkylation sites (tertiary alicyclic amines) is 2. The standard InChI is InChI=1S/C19H25N5O2/c1-22-17(3-7-21-22)13-23-8-4-15-11-24(12-16(15)5-9-23)19(26)14-2-6-20-18(25)10-14/h2-3,6-7,10,15-16H,4-5,8-9,11-13H2,1H3,(H,20,25)/t15-,16+. The van der Waals surface area contributed by atoms with E-state index in [-0.39, 0.29) is 11.5 Å². The lowest BCUT2D eigenvalue weighted by Gasteiger charge is -2.22. The van der Waals surface area contributed by atoms with Crippen molar-refractivity contribution in [3.63, 3.8) is 0 Å². The molecule has 2 atom stereocenters. The maximum atomic E-state index is 12.7. The van der Waals surface area contributed by atoms with Crippen LogP contribution in [0.3, 0.4) is 0 Å². The summed E-state index contributed by atoms with van der Waals surface area (Å²) in [6.07, 6.45) is 5.61. The van der Waals surface area contributed by atoms with Crippen LogP contribution in [-0.2, 0) is 13.6 Å². The molecular weight excluding hydrogens is 330 g/mol. The molecule has 0 bridgehead atoms. The second-order valence-corrected chi connectivity index (χ2v) is 7.47. The predicted molar refractivity (Wildman–Crippen MR) is 97.7 cm³/mol. The van der Waals surface area contributed by atoms with Gasteiger partial charge in [0.05, 0.1) is 5.69 Å². The van der Waals surface area contributed by atoms with E-state index in [1.54, 1.807) is 12.3 Å². The van der Waals surface area contributed by atoms with Crippen LogP contribution in [0.2, 0.25) is 0 Å². The highest BCUT2D eigenvalue weighted by atomic mass is 16.2. The van der Waals surface area contributed by atoms with E-state index in [0.717, 1.165) is 45.6 Å². The number of hydrogen-bond donors (Lipinski definition) is 1. The number of aryl methyl sites for hydroxylation is 1. The summed E-state index contributed by atoms with van der Waals surface area (Å²) in [5.74, 6) is 1.09. The van der Waals surface area contributed by atoms with Gasteiger partial charge in [-0.1, -0.05) is 0 Å². The molecule has 1 amide bonds. The fourth-order valence-corrected chi connectivity index (χ4v) is 4.27. The molecular formula is C19H25N5O2. The first-order valence-corrected chi connectivity index (χ1v) is 9.27. The Morgan fingerprint density at radius 2 is 1.96 bits per heavy atom. The third kappa shape index (κ3) is 3.44. The SMILES string of the molecule is Cn1nccc1CN1CC[C@@H]2CN(C(=O)c3cc[nH]c(=O)c3)C[C@@H]2CC1. The molecule has 2 aromatic rings. The van der Waals surface area contributed by atoms with E-state index in [2.05, 4.69) is 21.0 Å². The molecule has 0 saturated carbocycles. The zero-order valence-electron chi connectivity index (χ0n) is 15.1. The van der Waals surface area contributed by atoms with E-state index in [9.17, 15) is 9.59 Å². The van der Waals surface area contributed by atoms with Crippen LogP contribution < -0.4 is 5.56 Å². The number of amides is 1. The van der Waals surface area contributed by atoms with Gasteiger partial charge >= 0.3 is 0 Å². The monoisotopic (exact) mass is 355 g/mol. The lowest BCUT2D eigenvalue weighted by atomic mass is 9.92. The first-order valence-electron chi connectivity index (χ1n) is 9.27. The van der Waals surface area contributed by atoms with Crippen molar-refractivity contribution in [3.8, 4) is 0 Å². The number of nitrogens with one attached hydrogen (secondary N) is 1. The van der Waals surface area contributed by atoms with Crippen LogP contribution in [0.1, 0.15) is 28.9 Å². The van der Waals surface area contributed by atoms with Crippen molar-refractivity contribution in [1.29, 1.82) is 0 Å². The summed E-state index contributed by atoms with van der Waals surface area (Å²) >= 11 is 0. The highest BCUT2D eigenvalue weighted by molar-refractivity contribution is 5.94. The first-order chi connectivity index (χ1) is 12.6. The largest absolute Gasteiger partial charge is 0.338 e. The lowest BCUT2D eigenvalue weighted by Crippen LogP contribution is -2.31. The molecule has 2 aromatic heterocycles. The number of aromatic amines is 1. The van der Waals surface area contributed by atoms with Gasteiger partial charge < -0.3 is 9.88 Å². The zero-order valence-corrected chi connectivity index (χ0v) is 15.1. The van der Waals surface area contributed by atoms with Crippen LogP contribution >= 0.6 is 0 Å². The second kappa shape index (κ2) is 7.07. The highest BCUT2D eigenvalue weighted by Gasteiger charge is 2.37. The Kier molecular flexibility index (Phi) is 4.63. The summed E-state index contributed by atoms with van der Waals surface area (Å²) in [6, 6.07) is 5.16. The third-order valence-corrected chi connectivity index (χ3v) is 5.83. The van der Waals surface area contributed by atoms with Crippen LogP contribution in [-0.4, -0.2) is 56.7 Å². The fourth-order valence-electron chi connectivity index (χ4n) is 4.27. The molecule has 4 heterocycles. The van der Waals surface area contributed by atoms with Crippen molar-refractivity contribution in [1.82, 2.24) is 24.6 Å². The minimum atomic E-state index is -0.227. The topological polar surface area (TPSA) is 74.2 Å². The summed E-state index contributed by atoms with van der Waals surface area (Å²) in [4.78, 5) is 31.1. The molecule has 138 valence electrons. The van der Waals surface area contributed by atoms with E-state index in [0.29, 0.717) is 17.4 Å². The Morgan fingerprint density at radius 3 is 2.58 bits per heavy atom. The number of pyridine rings is 1. The molecule has 7 nitrogen and oxygen atoms in total. The van der Waals surface area contributed by atoms with Crippen LogP contribution in [0.4, 0.5) is 0 Å². The molecule has 2 fully saturated rings. The Bertz CT molecular complexity index is 826. The van der Waals surface area contributed by atoms with Gasteiger partial charge in [0.15, 0.2) is 0 Å². The summed E-state index contributed by atoms with van der Waals surface area (Å²) < 4.78 is 1.94. The molecule has 0 aromatic carbocycles. The van der Waals surface area contributed by atoms with Crippen molar-refractivity contribution in [2.24, 2.45) is 18.9 Å². The molecule has 0 radical (unpaired) electrons. The van der Waals surface area contributed by atoms with Gasteiger partial charge in [-0.05, 0) is 49.9 Å². The fraction of sp³-hybridized carbons (Fsp3) is 0.526. The number of carbonyl (C=O) groups excluding carboxylic acids is 1.